The fraction of sp³-hybridized carbons (Fsp3) is 0.143. The Balaban J connectivity index is 2.41. The van der Waals surface area contributed by atoms with Gasteiger partial charge in [-0.15, -0.1) is 0 Å². The minimum absolute atomic E-state index is 0.272. The molecule has 2 aromatic rings. The van der Waals surface area contributed by atoms with Gasteiger partial charge in [0, 0.05) is 0 Å². The fourth-order valence-corrected chi connectivity index (χ4v) is 1.70. The SMILES string of the molecule is Cc1ccc(N)c(Nc2c(C)cccc2F)c1. The lowest BCUT2D eigenvalue weighted by atomic mass is 10.1. The van der Waals surface area contributed by atoms with Crippen LogP contribution >= 0.6 is 0 Å². The van der Waals surface area contributed by atoms with Crippen LogP contribution in [-0.4, -0.2) is 0 Å². The third kappa shape index (κ3) is 2.38. The molecule has 0 saturated heterocycles. The smallest absolute Gasteiger partial charge is 0.146 e. The molecule has 0 fully saturated rings. The van der Waals surface area contributed by atoms with E-state index in [1.54, 1.807) is 6.07 Å². The molecule has 0 aliphatic heterocycles. The molecule has 0 atom stereocenters. The molecule has 17 heavy (non-hydrogen) atoms. The Bertz CT molecular complexity index is 530. The van der Waals surface area contributed by atoms with Crippen LogP contribution in [0.5, 0.6) is 0 Å². The number of para-hydroxylation sites is 1. The topological polar surface area (TPSA) is 38.0 Å². The highest BCUT2D eigenvalue weighted by Crippen LogP contribution is 2.27. The molecule has 0 aliphatic carbocycles. The Kier molecular flexibility index (Phi) is 3.00. The number of rotatable bonds is 2. The van der Waals surface area contributed by atoms with E-state index in [1.807, 2.05) is 38.1 Å². The Labute approximate surface area is 100 Å². The van der Waals surface area contributed by atoms with Crippen LogP contribution in [0, 0.1) is 19.7 Å². The molecule has 0 bridgehead atoms. The van der Waals surface area contributed by atoms with Gasteiger partial charge in [-0.1, -0.05) is 18.2 Å². The quantitative estimate of drug-likeness (QED) is 0.771. The van der Waals surface area contributed by atoms with Crippen molar-refractivity contribution >= 4 is 17.1 Å². The summed E-state index contributed by atoms with van der Waals surface area (Å²) in [6.07, 6.45) is 0. The zero-order chi connectivity index (χ0) is 12.4. The first kappa shape index (κ1) is 11.5. The van der Waals surface area contributed by atoms with Gasteiger partial charge in [0.25, 0.3) is 0 Å². The second kappa shape index (κ2) is 4.45. The summed E-state index contributed by atoms with van der Waals surface area (Å²) in [7, 11) is 0. The highest BCUT2D eigenvalue weighted by Gasteiger charge is 2.07. The predicted octanol–water partition coefficient (Wildman–Crippen LogP) is 3.77. The summed E-state index contributed by atoms with van der Waals surface area (Å²) in [5, 5.41) is 3.05. The van der Waals surface area contributed by atoms with Crippen molar-refractivity contribution in [2.75, 3.05) is 11.1 Å². The van der Waals surface area contributed by atoms with Gasteiger partial charge < -0.3 is 11.1 Å². The number of benzene rings is 2. The summed E-state index contributed by atoms with van der Waals surface area (Å²) in [5.41, 5.74) is 9.61. The second-order valence-electron chi connectivity index (χ2n) is 4.15. The van der Waals surface area contributed by atoms with Gasteiger partial charge in [-0.05, 0) is 43.2 Å². The van der Waals surface area contributed by atoms with Crippen LogP contribution in [-0.2, 0) is 0 Å². The molecule has 88 valence electrons. The molecule has 0 spiro atoms. The molecule has 0 amide bonds. The van der Waals surface area contributed by atoms with Crippen molar-refractivity contribution in [3.63, 3.8) is 0 Å². The van der Waals surface area contributed by atoms with Gasteiger partial charge in [-0.25, -0.2) is 4.39 Å². The lowest BCUT2D eigenvalue weighted by Gasteiger charge is -2.13. The van der Waals surface area contributed by atoms with E-state index in [1.165, 1.54) is 6.07 Å². The number of hydrogen-bond acceptors (Lipinski definition) is 2. The average molecular weight is 230 g/mol. The standard InChI is InChI=1S/C14H15FN2/c1-9-6-7-12(16)13(8-9)17-14-10(2)4-3-5-11(14)15/h3-8,17H,16H2,1-2H3. The first-order valence-electron chi connectivity index (χ1n) is 5.46. The lowest BCUT2D eigenvalue weighted by Crippen LogP contribution is -2.00. The number of aryl methyl sites for hydroxylation is 2. The number of anilines is 3. The van der Waals surface area contributed by atoms with Crippen LogP contribution in [0.4, 0.5) is 21.5 Å². The number of hydrogen-bond donors (Lipinski definition) is 2. The molecule has 2 aromatic carbocycles. The van der Waals surface area contributed by atoms with Crippen LogP contribution in [0.15, 0.2) is 36.4 Å². The maximum absolute atomic E-state index is 13.7. The predicted molar refractivity (Wildman–Crippen MR) is 70.0 cm³/mol. The van der Waals surface area contributed by atoms with Crippen LogP contribution in [0.2, 0.25) is 0 Å². The Morgan fingerprint density at radius 2 is 1.88 bits per heavy atom. The van der Waals surface area contributed by atoms with E-state index in [4.69, 9.17) is 5.73 Å². The number of nitrogens with one attached hydrogen (secondary N) is 1. The maximum Gasteiger partial charge on any atom is 0.146 e. The molecule has 0 unspecified atom stereocenters. The number of halogens is 1. The third-order valence-electron chi connectivity index (χ3n) is 2.69. The van der Waals surface area contributed by atoms with Crippen LogP contribution < -0.4 is 11.1 Å². The molecule has 2 nitrogen and oxygen atoms in total. The van der Waals surface area contributed by atoms with Gasteiger partial charge in [0.15, 0.2) is 0 Å². The average Bonchev–Trinajstić information content (AvgIpc) is 2.28. The molecule has 0 radical (unpaired) electrons. The van der Waals surface area contributed by atoms with Gasteiger partial charge in [-0.3, -0.25) is 0 Å². The molecular formula is C14H15FN2. The zero-order valence-corrected chi connectivity index (χ0v) is 9.92. The van der Waals surface area contributed by atoms with Gasteiger partial charge in [0.05, 0.1) is 17.1 Å². The Morgan fingerprint density at radius 1 is 1.12 bits per heavy atom. The fourth-order valence-electron chi connectivity index (χ4n) is 1.70. The van der Waals surface area contributed by atoms with Crippen molar-refractivity contribution < 1.29 is 4.39 Å². The highest BCUT2D eigenvalue weighted by molar-refractivity contribution is 5.74. The van der Waals surface area contributed by atoms with Crippen molar-refractivity contribution in [1.82, 2.24) is 0 Å². The first-order chi connectivity index (χ1) is 8.08. The summed E-state index contributed by atoms with van der Waals surface area (Å²) < 4.78 is 13.7. The summed E-state index contributed by atoms with van der Waals surface area (Å²) in [6, 6.07) is 10.6. The first-order valence-corrected chi connectivity index (χ1v) is 5.46. The van der Waals surface area contributed by atoms with E-state index < -0.39 is 0 Å². The van der Waals surface area contributed by atoms with E-state index in [0.717, 1.165) is 16.8 Å². The molecule has 0 aromatic heterocycles. The second-order valence-corrected chi connectivity index (χ2v) is 4.15. The highest BCUT2D eigenvalue weighted by atomic mass is 19.1. The van der Waals surface area contributed by atoms with E-state index in [0.29, 0.717) is 11.4 Å². The van der Waals surface area contributed by atoms with Gasteiger partial charge in [0.1, 0.15) is 5.82 Å². The lowest BCUT2D eigenvalue weighted by molar-refractivity contribution is 0.631. The van der Waals surface area contributed by atoms with E-state index >= 15 is 0 Å². The molecule has 0 aliphatic rings. The maximum atomic E-state index is 13.7. The van der Waals surface area contributed by atoms with Crippen molar-refractivity contribution in [3.8, 4) is 0 Å². The van der Waals surface area contributed by atoms with Crippen molar-refractivity contribution in [3.05, 3.63) is 53.3 Å². The van der Waals surface area contributed by atoms with Crippen molar-refractivity contribution in [1.29, 1.82) is 0 Å². The van der Waals surface area contributed by atoms with Crippen molar-refractivity contribution in [2.45, 2.75) is 13.8 Å². The number of nitrogen functional groups attached to an aromatic ring is 1. The normalized spacial score (nSPS) is 10.3. The molecule has 3 N–H and O–H groups in total. The molecule has 0 saturated carbocycles. The Hall–Kier alpha value is -2.03. The van der Waals surface area contributed by atoms with E-state index in [-0.39, 0.29) is 5.82 Å². The van der Waals surface area contributed by atoms with Gasteiger partial charge in [0.2, 0.25) is 0 Å². The van der Waals surface area contributed by atoms with E-state index in [2.05, 4.69) is 5.32 Å². The van der Waals surface area contributed by atoms with Gasteiger partial charge >= 0.3 is 0 Å². The van der Waals surface area contributed by atoms with Crippen LogP contribution in [0.1, 0.15) is 11.1 Å². The molecule has 3 heteroatoms. The molecule has 0 heterocycles. The van der Waals surface area contributed by atoms with Crippen molar-refractivity contribution in [2.24, 2.45) is 0 Å². The minimum atomic E-state index is -0.272. The third-order valence-corrected chi connectivity index (χ3v) is 2.69. The summed E-state index contributed by atoms with van der Waals surface area (Å²) in [5.74, 6) is -0.272. The Morgan fingerprint density at radius 3 is 2.59 bits per heavy atom. The van der Waals surface area contributed by atoms with E-state index in [9.17, 15) is 4.39 Å². The minimum Gasteiger partial charge on any atom is -0.397 e. The molecular weight excluding hydrogens is 215 g/mol. The summed E-state index contributed by atoms with van der Waals surface area (Å²) in [4.78, 5) is 0. The number of nitrogens with two attached hydrogens (primary N) is 1. The monoisotopic (exact) mass is 230 g/mol. The summed E-state index contributed by atoms with van der Waals surface area (Å²) >= 11 is 0. The van der Waals surface area contributed by atoms with Crippen LogP contribution in [0.3, 0.4) is 0 Å². The molecule has 2 rings (SSSR count). The largest absolute Gasteiger partial charge is 0.397 e. The van der Waals surface area contributed by atoms with Crippen LogP contribution in [0.25, 0.3) is 0 Å². The zero-order valence-electron chi connectivity index (χ0n) is 9.92. The summed E-state index contributed by atoms with van der Waals surface area (Å²) in [6.45, 7) is 3.83. The van der Waals surface area contributed by atoms with Gasteiger partial charge in [-0.2, -0.15) is 0 Å².